The molecule has 0 fully saturated rings. The fourth-order valence-electron chi connectivity index (χ4n) is 4.37. The van der Waals surface area contributed by atoms with Crippen LogP contribution in [0.15, 0.2) is 66.1 Å². The molecular formula is C28H34N4O. The summed E-state index contributed by atoms with van der Waals surface area (Å²) < 4.78 is 0. The quantitative estimate of drug-likeness (QED) is 0.493. The molecule has 2 N–H and O–H groups in total. The molecule has 2 aliphatic rings. The van der Waals surface area contributed by atoms with Gasteiger partial charge in [-0.15, -0.1) is 0 Å². The first kappa shape index (κ1) is 23.0. The summed E-state index contributed by atoms with van der Waals surface area (Å²) in [6.45, 7) is 6.99. The summed E-state index contributed by atoms with van der Waals surface area (Å²) in [5.74, 6) is -0.0286. The van der Waals surface area contributed by atoms with E-state index in [4.69, 9.17) is 0 Å². The number of fused-ring (bicyclic) bond motifs is 1. The number of hydrogen-bond acceptors (Lipinski definition) is 3. The molecule has 0 radical (unpaired) electrons. The van der Waals surface area contributed by atoms with E-state index < -0.39 is 0 Å². The van der Waals surface area contributed by atoms with E-state index >= 15 is 0 Å². The maximum absolute atomic E-state index is 12.7. The molecule has 0 aliphatic heterocycles. The van der Waals surface area contributed by atoms with Crippen molar-refractivity contribution in [2.45, 2.75) is 59.3 Å². The van der Waals surface area contributed by atoms with E-state index in [9.17, 15) is 4.79 Å². The normalized spacial score (nSPS) is 17.4. The fraction of sp³-hybridized carbons (Fsp3) is 0.393. The van der Waals surface area contributed by atoms with Crippen LogP contribution in [0.25, 0.3) is 16.6 Å². The summed E-state index contributed by atoms with van der Waals surface area (Å²) in [5, 5.41) is 4.19. The fourth-order valence-corrected chi connectivity index (χ4v) is 4.37. The molecule has 0 saturated carbocycles. The third kappa shape index (κ3) is 5.78. The van der Waals surface area contributed by atoms with Gasteiger partial charge in [0.1, 0.15) is 12.0 Å². The van der Waals surface area contributed by atoms with E-state index in [2.05, 4.69) is 65.3 Å². The summed E-state index contributed by atoms with van der Waals surface area (Å²) in [4.78, 5) is 25.2. The van der Waals surface area contributed by atoms with Crippen molar-refractivity contribution in [3.8, 4) is 0 Å². The van der Waals surface area contributed by atoms with Crippen LogP contribution in [0.2, 0.25) is 0 Å². The van der Waals surface area contributed by atoms with Crippen molar-refractivity contribution in [3.05, 3.63) is 77.5 Å². The SMILES string of the molecule is CCCCCc1cc2c(C3=CC=C(CNC(=O)C4=CC(C)(C)C=CC=C4)CC3)ncnc2[nH]1. The number of allylic oxidation sites excluding steroid dienone is 7. The number of amides is 1. The van der Waals surface area contributed by atoms with Gasteiger partial charge in [-0.3, -0.25) is 4.79 Å². The lowest BCUT2D eigenvalue weighted by atomic mass is 9.91. The number of aryl methyl sites for hydroxylation is 1. The summed E-state index contributed by atoms with van der Waals surface area (Å²) in [5.41, 5.74) is 6.19. The van der Waals surface area contributed by atoms with Gasteiger partial charge in [-0.1, -0.05) is 75.6 Å². The molecule has 0 unspecified atom stereocenters. The van der Waals surface area contributed by atoms with Crippen LogP contribution in [0.5, 0.6) is 0 Å². The van der Waals surface area contributed by atoms with Crippen molar-refractivity contribution in [2.24, 2.45) is 5.41 Å². The maximum atomic E-state index is 12.7. The zero-order valence-corrected chi connectivity index (χ0v) is 19.9. The van der Waals surface area contributed by atoms with Gasteiger partial charge >= 0.3 is 0 Å². The highest BCUT2D eigenvalue weighted by atomic mass is 16.1. The second-order valence-corrected chi connectivity index (χ2v) is 9.58. The minimum Gasteiger partial charge on any atom is -0.348 e. The molecule has 172 valence electrons. The number of hydrogen-bond donors (Lipinski definition) is 2. The average molecular weight is 443 g/mol. The van der Waals surface area contributed by atoms with Crippen molar-refractivity contribution in [3.63, 3.8) is 0 Å². The average Bonchev–Trinajstić information content (AvgIpc) is 3.13. The summed E-state index contributed by atoms with van der Waals surface area (Å²) >= 11 is 0. The summed E-state index contributed by atoms with van der Waals surface area (Å²) in [6, 6.07) is 2.21. The van der Waals surface area contributed by atoms with Crippen LogP contribution in [0, 0.1) is 5.41 Å². The molecule has 33 heavy (non-hydrogen) atoms. The minimum atomic E-state index is -0.130. The zero-order valence-electron chi connectivity index (χ0n) is 19.9. The van der Waals surface area contributed by atoms with Crippen molar-refractivity contribution in [1.29, 1.82) is 0 Å². The number of nitrogens with one attached hydrogen (secondary N) is 2. The standard InChI is InChI=1S/C28H34N4O/c1-4-5-6-10-23-16-24-25(30-19-31-26(24)32-23)21-13-11-20(12-14-21)18-29-27(33)22-9-7-8-15-28(2,3)17-22/h7-9,11,13,15-17,19H,4-6,10,12,14,18H2,1-3H3,(H,29,33)(H,30,31,32). The number of H-pyrrole nitrogens is 1. The van der Waals surface area contributed by atoms with E-state index in [0.717, 1.165) is 36.0 Å². The number of carbonyl (C=O) groups excluding carboxylic acids is 1. The van der Waals surface area contributed by atoms with Gasteiger partial charge in [-0.05, 0) is 43.4 Å². The predicted molar refractivity (Wildman–Crippen MR) is 136 cm³/mol. The highest BCUT2D eigenvalue weighted by molar-refractivity contribution is 5.96. The molecule has 2 heterocycles. The lowest BCUT2D eigenvalue weighted by molar-refractivity contribution is -0.117. The third-order valence-corrected chi connectivity index (χ3v) is 6.25. The number of unbranched alkanes of at least 4 members (excludes halogenated alkanes) is 2. The topological polar surface area (TPSA) is 70.7 Å². The Morgan fingerprint density at radius 3 is 2.82 bits per heavy atom. The molecule has 2 aromatic rings. The van der Waals surface area contributed by atoms with Crippen LogP contribution >= 0.6 is 0 Å². The van der Waals surface area contributed by atoms with E-state index in [1.54, 1.807) is 6.33 Å². The van der Waals surface area contributed by atoms with Gasteiger partial charge < -0.3 is 10.3 Å². The molecule has 5 heteroatoms. The molecule has 0 spiro atoms. The lowest BCUT2D eigenvalue weighted by Gasteiger charge is -2.17. The van der Waals surface area contributed by atoms with Gasteiger partial charge in [0.15, 0.2) is 0 Å². The van der Waals surface area contributed by atoms with Crippen molar-refractivity contribution in [1.82, 2.24) is 20.3 Å². The first-order valence-corrected chi connectivity index (χ1v) is 12.0. The number of carbonyl (C=O) groups is 1. The Labute approximate surface area is 196 Å². The maximum Gasteiger partial charge on any atom is 0.251 e. The second kappa shape index (κ2) is 10.2. The number of nitrogens with zero attached hydrogens (tertiary/aromatic N) is 2. The number of rotatable bonds is 8. The largest absolute Gasteiger partial charge is 0.348 e. The first-order chi connectivity index (χ1) is 15.9. The van der Waals surface area contributed by atoms with Crippen molar-refractivity contribution >= 4 is 22.5 Å². The van der Waals surface area contributed by atoms with Crippen molar-refractivity contribution in [2.75, 3.05) is 6.54 Å². The molecule has 5 nitrogen and oxygen atoms in total. The third-order valence-electron chi connectivity index (χ3n) is 6.25. The zero-order chi connectivity index (χ0) is 23.3. The summed E-state index contributed by atoms with van der Waals surface area (Å²) in [6.07, 6.45) is 22.3. The van der Waals surface area contributed by atoms with Gasteiger partial charge in [0.05, 0.1) is 5.69 Å². The van der Waals surface area contributed by atoms with Crippen LogP contribution in [0.4, 0.5) is 0 Å². The van der Waals surface area contributed by atoms with E-state index in [0.29, 0.717) is 12.1 Å². The molecule has 0 aromatic carbocycles. The van der Waals surface area contributed by atoms with Crippen molar-refractivity contribution < 1.29 is 4.79 Å². The van der Waals surface area contributed by atoms with Gasteiger partial charge in [0.2, 0.25) is 0 Å². The van der Waals surface area contributed by atoms with E-state index in [1.807, 2.05) is 24.3 Å². The Morgan fingerprint density at radius 1 is 1.15 bits per heavy atom. The van der Waals surface area contributed by atoms with Crippen LogP contribution in [0.1, 0.15) is 64.3 Å². The Hall–Kier alpha value is -3.21. The van der Waals surface area contributed by atoms with Crippen LogP contribution in [-0.2, 0) is 11.2 Å². The molecule has 0 atom stereocenters. The second-order valence-electron chi connectivity index (χ2n) is 9.58. The molecule has 2 aromatic heterocycles. The van der Waals surface area contributed by atoms with E-state index in [1.165, 1.54) is 36.1 Å². The van der Waals surface area contributed by atoms with Gasteiger partial charge in [-0.2, -0.15) is 0 Å². The van der Waals surface area contributed by atoms with Gasteiger partial charge in [0, 0.05) is 28.6 Å². The molecule has 0 saturated heterocycles. The first-order valence-electron chi connectivity index (χ1n) is 12.0. The Bertz CT molecular complexity index is 1170. The Kier molecular flexibility index (Phi) is 7.07. The van der Waals surface area contributed by atoms with Gasteiger partial charge in [0.25, 0.3) is 5.91 Å². The molecule has 2 aliphatic carbocycles. The molecular weight excluding hydrogens is 408 g/mol. The van der Waals surface area contributed by atoms with Crippen LogP contribution < -0.4 is 5.32 Å². The molecule has 0 bridgehead atoms. The minimum absolute atomic E-state index is 0.0286. The smallest absolute Gasteiger partial charge is 0.251 e. The van der Waals surface area contributed by atoms with Crippen LogP contribution in [0.3, 0.4) is 0 Å². The highest BCUT2D eigenvalue weighted by Crippen LogP contribution is 2.30. The van der Waals surface area contributed by atoms with E-state index in [-0.39, 0.29) is 11.3 Å². The van der Waals surface area contributed by atoms with Crippen LogP contribution in [-0.4, -0.2) is 27.4 Å². The summed E-state index contributed by atoms with van der Waals surface area (Å²) in [7, 11) is 0. The number of aromatic amines is 1. The monoisotopic (exact) mass is 442 g/mol. The molecule has 1 amide bonds. The lowest BCUT2D eigenvalue weighted by Crippen LogP contribution is -2.27. The predicted octanol–water partition coefficient (Wildman–Crippen LogP) is 5.99. The number of aromatic nitrogens is 3. The Morgan fingerprint density at radius 2 is 2.03 bits per heavy atom. The highest BCUT2D eigenvalue weighted by Gasteiger charge is 2.18. The Balaban J connectivity index is 1.43. The van der Waals surface area contributed by atoms with Gasteiger partial charge in [-0.25, -0.2) is 9.97 Å². The molecule has 4 rings (SSSR count).